The van der Waals surface area contributed by atoms with Gasteiger partial charge in [-0.15, -0.1) is 0 Å². The van der Waals surface area contributed by atoms with Crippen LogP contribution in [0.3, 0.4) is 0 Å². The number of nitro benzene ring substituents is 1. The molecule has 1 atom stereocenters. The number of fused-ring (bicyclic) bond motifs is 1. The standard InChI is InChI=1S/C21H18BrClN4O6/c1-4-32-21(29)11(2)33-19-16(23)7-13(8-18(19)27(30)31)10-24-26-12(3)25-17-6-5-14(22)9-15(17)20(26)28/h5-11H,4H2,1-3H3/t11-/m1/s1. The highest BCUT2D eigenvalue weighted by Crippen LogP contribution is 2.36. The molecule has 3 rings (SSSR count). The van der Waals surface area contributed by atoms with Crippen LogP contribution in [0.4, 0.5) is 5.69 Å². The third-order valence-electron chi connectivity index (χ3n) is 4.45. The third-order valence-corrected chi connectivity index (χ3v) is 5.22. The molecule has 0 spiro atoms. The molecule has 0 saturated heterocycles. The number of aryl methyl sites for hydroxylation is 1. The van der Waals surface area contributed by atoms with Crippen molar-refractivity contribution in [1.29, 1.82) is 0 Å². The van der Waals surface area contributed by atoms with Crippen molar-refractivity contribution >= 4 is 56.3 Å². The van der Waals surface area contributed by atoms with Crippen molar-refractivity contribution in [3.05, 3.63) is 71.7 Å². The summed E-state index contributed by atoms with van der Waals surface area (Å²) in [5.41, 5.74) is -0.116. The smallest absolute Gasteiger partial charge is 0.347 e. The molecule has 0 aliphatic rings. The van der Waals surface area contributed by atoms with Gasteiger partial charge >= 0.3 is 11.7 Å². The van der Waals surface area contributed by atoms with Crippen LogP contribution >= 0.6 is 27.5 Å². The Hall–Kier alpha value is -3.31. The van der Waals surface area contributed by atoms with Crippen LogP contribution in [0.15, 0.2) is 44.7 Å². The molecule has 0 N–H and O–H groups in total. The van der Waals surface area contributed by atoms with Crippen LogP contribution in [-0.2, 0) is 9.53 Å². The predicted molar refractivity (Wildman–Crippen MR) is 126 cm³/mol. The molecule has 0 aliphatic carbocycles. The van der Waals surface area contributed by atoms with E-state index in [2.05, 4.69) is 26.0 Å². The van der Waals surface area contributed by atoms with Gasteiger partial charge in [0.15, 0.2) is 6.10 Å². The van der Waals surface area contributed by atoms with Gasteiger partial charge in [0.2, 0.25) is 5.75 Å². The highest BCUT2D eigenvalue weighted by atomic mass is 79.9. The topological polar surface area (TPSA) is 126 Å². The Morgan fingerprint density at radius 2 is 2.12 bits per heavy atom. The molecule has 0 bridgehead atoms. The molecule has 172 valence electrons. The first-order valence-electron chi connectivity index (χ1n) is 9.66. The maximum absolute atomic E-state index is 12.8. The van der Waals surface area contributed by atoms with Crippen molar-refractivity contribution in [3.8, 4) is 5.75 Å². The van der Waals surface area contributed by atoms with E-state index in [0.717, 1.165) is 4.68 Å². The van der Waals surface area contributed by atoms with Crippen molar-refractivity contribution < 1.29 is 19.2 Å². The van der Waals surface area contributed by atoms with E-state index in [1.54, 1.807) is 32.0 Å². The summed E-state index contributed by atoms with van der Waals surface area (Å²) >= 11 is 9.54. The van der Waals surface area contributed by atoms with Gasteiger partial charge in [-0.25, -0.2) is 9.78 Å². The summed E-state index contributed by atoms with van der Waals surface area (Å²) < 4.78 is 12.0. The van der Waals surface area contributed by atoms with Gasteiger partial charge in [-0.1, -0.05) is 27.5 Å². The van der Waals surface area contributed by atoms with Gasteiger partial charge in [0, 0.05) is 16.1 Å². The van der Waals surface area contributed by atoms with Gasteiger partial charge in [-0.2, -0.15) is 9.78 Å². The first-order valence-corrected chi connectivity index (χ1v) is 10.8. The number of benzene rings is 2. The second-order valence-corrected chi connectivity index (χ2v) is 8.13. The molecule has 33 heavy (non-hydrogen) atoms. The molecule has 0 radical (unpaired) electrons. The van der Waals surface area contributed by atoms with Crippen LogP contribution < -0.4 is 10.3 Å². The number of halogens is 2. The lowest BCUT2D eigenvalue weighted by atomic mass is 10.2. The number of carbonyl (C=O) groups is 1. The van der Waals surface area contributed by atoms with Gasteiger partial charge in [-0.05, 0) is 45.0 Å². The number of hydrogen-bond donors (Lipinski definition) is 0. The molecule has 0 unspecified atom stereocenters. The van der Waals surface area contributed by atoms with Crippen molar-refractivity contribution in [2.45, 2.75) is 26.9 Å². The second kappa shape index (κ2) is 10.1. The van der Waals surface area contributed by atoms with Gasteiger partial charge in [0.1, 0.15) is 5.82 Å². The third kappa shape index (κ3) is 5.37. The lowest BCUT2D eigenvalue weighted by Crippen LogP contribution is -2.26. The minimum absolute atomic E-state index is 0.105. The average Bonchev–Trinajstić information content (AvgIpc) is 2.75. The Morgan fingerprint density at radius 1 is 1.39 bits per heavy atom. The Labute approximate surface area is 201 Å². The highest BCUT2D eigenvalue weighted by molar-refractivity contribution is 9.10. The molecule has 10 nitrogen and oxygen atoms in total. The van der Waals surface area contributed by atoms with Gasteiger partial charge in [-0.3, -0.25) is 14.9 Å². The summed E-state index contributed by atoms with van der Waals surface area (Å²) in [6, 6.07) is 7.66. The van der Waals surface area contributed by atoms with Crippen molar-refractivity contribution in [1.82, 2.24) is 9.66 Å². The van der Waals surface area contributed by atoms with Crippen LogP contribution in [0.2, 0.25) is 5.02 Å². The largest absolute Gasteiger partial charge is 0.471 e. The van der Waals surface area contributed by atoms with Crippen LogP contribution in [0.1, 0.15) is 25.2 Å². The first kappa shape index (κ1) is 24.3. The fraction of sp³-hybridized carbons (Fsp3) is 0.238. The summed E-state index contributed by atoms with van der Waals surface area (Å²) in [6.07, 6.45) is 0.141. The van der Waals surface area contributed by atoms with Crippen LogP contribution in [0, 0.1) is 17.0 Å². The number of rotatable bonds is 7. The van der Waals surface area contributed by atoms with E-state index in [0.29, 0.717) is 21.2 Å². The van der Waals surface area contributed by atoms with E-state index in [1.165, 1.54) is 25.3 Å². The summed E-state index contributed by atoms with van der Waals surface area (Å²) in [5, 5.41) is 16.0. The van der Waals surface area contributed by atoms with Crippen LogP contribution in [-0.4, -0.2) is 39.5 Å². The fourth-order valence-corrected chi connectivity index (χ4v) is 3.56. The predicted octanol–water partition coefficient (Wildman–Crippen LogP) is 4.24. The molecule has 0 aliphatic heterocycles. The Kier molecular flexibility index (Phi) is 7.44. The lowest BCUT2D eigenvalue weighted by molar-refractivity contribution is -0.386. The number of hydrogen-bond acceptors (Lipinski definition) is 8. The Bertz CT molecular complexity index is 1340. The molecule has 3 aromatic rings. The van der Waals surface area contributed by atoms with Crippen molar-refractivity contribution in [3.63, 3.8) is 0 Å². The minimum Gasteiger partial charge on any atom is -0.471 e. The summed E-state index contributed by atoms with van der Waals surface area (Å²) in [5.74, 6) is -0.626. The maximum Gasteiger partial charge on any atom is 0.347 e. The first-order chi connectivity index (χ1) is 15.6. The number of nitro groups is 1. The van der Waals surface area contributed by atoms with E-state index in [1.807, 2.05) is 0 Å². The quantitative estimate of drug-likeness (QED) is 0.191. The number of nitrogens with zero attached hydrogens (tertiary/aromatic N) is 4. The maximum atomic E-state index is 12.8. The molecule has 0 amide bonds. The number of esters is 1. The zero-order chi connectivity index (χ0) is 24.3. The SMILES string of the molecule is CCOC(=O)[C@@H](C)Oc1c(Cl)cc(C=Nn2c(C)nc3ccc(Br)cc3c2=O)cc1[N+](=O)[O-]. The zero-order valence-electron chi connectivity index (χ0n) is 17.7. The second-order valence-electron chi connectivity index (χ2n) is 6.80. The van der Waals surface area contributed by atoms with Gasteiger partial charge in [0.05, 0.1) is 33.7 Å². The van der Waals surface area contributed by atoms with Crippen LogP contribution in [0.5, 0.6) is 5.75 Å². The zero-order valence-corrected chi connectivity index (χ0v) is 20.1. The van der Waals surface area contributed by atoms with Crippen LogP contribution in [0.25, 0.3) is 10.9 Å². The van der Waals surface area contributed by atoms with E-state index >= 15 is 0 Å². The van der Waals surface area contributed by atoms with E-state index in [-0.39, 0.29) is 22.9 Å². The van der Waals surface area contributed by atoms with Crippen molar-refractivity contribution in [2.24, 2.45) is 5.10 Å². The molecule has 1 aromatic heterocycles. The summed E-state index contributed by atoms with van der Waals surface area (Å²) in [4.78, 5) is 39.9. The number of aromatic nitrogens is 2. The fourth-order valence-electron chi connectivity index (χ4n) is 2.93. The highest BCUT2D eigenvalue weighted by Gasteiger charge is 2.25. The molecule has 0 fully saturated rings. The molecule has 2 aromatic carbocycles. The van der Waals surface area contributed by atoms with Gasteiger partial charge in [0.25, 0.3) is 5.56 Å². The lowest BCUT2D eigenvalue weighted by Gasteiger charge is -2.14. The average molecular weight is 538 g/mol. The van der Waals surface area contributed by atoms with E-state index in [9.17, 15) is 19.7 Å². The van der Waals surface area contributed by atoms with E-state index in [4.69, 9.17) is 21.1 Å². The summed E-state index contributed by atoms with van der Waals surface area (Å²) in [6.45, 7) is 4.78. The Balaban J connectivity index is 2.00. The minimum atomic E-state index is -1.11. The molecular weight excluding hydrogens is 520 g/mol. The molecule has 0 saturated carbocycles. The van der Waals surface area contributed by atoms with E-state index < -0.39 is 28.2 Å². The molecule has 12 heteroatoms. The molecule has 1 heterocycles. The van der Waals surface area contributed by atoms with Gasteiger partial charge < -0.3 is 9.47 Å². The molecular formula is C21H18BrClN4O6. The number of ether oxygens (including phenoxy) is 2. The monoisotopic (exact) mass is 536 g/mol. The summed E-state index contributed by atoms with van der Waals surface area (Å²) in [7, 11) is 0. The number of carbonyl (C=O) groups excluding carboxylic acids is 1. The van der Waals surface area contributed by atoms with Crippen molar-refractivity contribution in [2.75, 3.05) is 6.61 Å². The normalized spacial score (nSPS) is 12.2. The Morgan fingerprint density at radius 3 is 2.79 bits per heavy atom.